The van der Waals surface area contributed by atoms with Gasteiger partial charge in [-0.3, -0.25) is 0 Å². The first-order valence-electron chi connectivity index (χ1n) is 29.4. The molecule has 1 aliphatic carbocycles. The summed E-state index contributed by atoms with van der Waals surface area (Å²) < 4.78 is 0. The van der Waals surface area contributed by atoms with Crippen molar-refractivity contribution in [3.05, 3.63) is 246 Å². The summed E-state index contributed by atoms with van der Waals surface area (Å²) in [5.74, 6) is 0. The highest BCUT2D eigenvalue weighted by Crippen LogP contribution is 2.58. The van der Waals surface area contributed by atoms with Crippen molar-refractivity contribution >= 4 is 68.6 Å². The van der Waals surface area contributed by atoms with Crippen LogP contribution in [0.3, 0.4) is 0 Å². The fourth-order valence-electron chi connectivity index (χ4n) is 13.6. The molecule has 0 fully saturated rings. The Labute approximate surface area is 483 Å². The number of benzene rings is 9. The lowest BCUT2D eigenvalue weighted by atomic mass is 9.33. The maximum atomic E-state index is 2.71. The molecule has 9 aromatic rings. The zero-order valence-corrected chi connectivity index (χ0v) is 49.8. The van der Waals surface area contributed by atoms with Crippen molar-refractivity contribution in [2.75, 3.05) is 14.7 Å². The summed E-state index contributed by atoms with van der Waals surface area (Å²) >= 11 is 0. The van der Waals surface area contributed by atoms with Crippen LogP contribution in [0.2, 0.25) is 0 Å². The molecule has 3 nitrogen and oxygen atoms in total. The van der Waals surface area contributed by atoms with Crippen LogP contribution in [-0.2, 0) is 21.7 Å². The average molecular weight is 1050 g/mol. The molecule has 0 amide bonds. The van der Waals surface area contributed by atoms with Crippen LogP contribution in [0, 0.1) is 5.41 Å². The molecule has 2 unspecified atom stereocenters. The second kappa shape index (κ2) is 18.7. The highest BCUT2D eigenvalue weighted by atomic mass is 15.2. The molecule has 3 heterocycles. The fourth-order valence-corrected chi connectivity index (χ4v) is 13.6. The van der Waals surface area contributed by atoms with Gasteiger partial charge in [-0.15, -0.1) is 0 Å². The number of hydrogen-bond acceptors (Lipinski definition) is 3. The number of fused-ring (bicyclic) bond motifs is 7. The minimum absolute atomic E-state index is 0.000274. The van der Waals surface area contributed by atoms with E-state index in [1.165, 1.54) is 112 Å². The maximum absolute atomic E-state index is 2.71. The van der Waals surface area contributed by atoms with Gasteiger partial charge < -0.3 is 14.7 Å². The number of anilines is 8. The number of hydrogen-bond donors (Lipinski definition) is 0. The summed E-state index contributed by atoms with van der Waals surface area (Å²) in [5.41, 5.74) is 26.7. The van der Waals surface area contributed by atoms with Crippen molar-refractivity contribution in [3.8, 4) is 33.4 Å². The fraction of sp³-hybridized carbons (Fsp3) is 0.247. The van der Waals surface area contributed by atoms with E-state index in [1.54, 1.807) is 0 Å². The van der Waals surface area contributed by atoms with Gasteiger partial charge in [0, 0.05) is 56.2 Å². The number of allylic oxidation sites excluding steroid dienone is 2. The van der Waals surface area contributed by atoms with E-state index < -0.39 is 0 Å². The van der Waals surface area contributed by atoms with E-state index in [0.29, 0.717) is 0 Å². The van der Waals surface area contributed by atoms with Gasteiger partial charge >= 0.3 is 0 Å². The molecule has 0 spiro atoms. The molecule has 13 rings (SSSR count). The van der Waals surface area contributed by atoms with Gasteiger partial charge in [-0.25, -0.2) is 0 Å². The quantitative estimate of drug-likeness (QED) is 0.154. The van der Waals surface area contributed by atoms with E-state index in [4.69, 9.17) is 0 Å². The van der Waals surface area contributed by atoms with Gasteiger partial charge in [0.25, 0.3) is 6.71 Å². The topological polar surface area (TPSA) is 9.72 Å². The summed E-state index contributed by atoms with van der Waals surface area (Å²) in [6, 6.07) is 76.7. The van der Waals surface area contributed by atoms with Crippen molar-refractivity contribution < 1.29 is 0 Å². The standard InChI is InChI=1S/C77H76BN3/c1-73(2,3)53-37-40-64(58(43-53)50-27-17-14-18-28-50)80-66-35-25-23-33-62(66)78-63-34-24-26-36-67(63)81(72-59(51-29-19-15-20-30-51)44-56(76(10,11)12)45-60(72)52-31-21-16-22-32-52)69-48-57(47-68(80)71(69)78)79-65-41-38-54(74(4,5)6)46-61(65)77(13)49-55(75(7,8)9)39-42-70(77)79/h14-49,70H,1-13H3. The van der Waals surface area contributed by atoms with Crippen LogP contribution < -0.4 is 31.1 Å². The molecule has 0 radical (unpaired) electrons. The number of para-hydroxylation sites is 2. The third-order valence-electron chi connectivity index (χ3n) is 18.1. The van der Waals surface area contributed by atoms with Gasteiger partial charge in [0.15, 0.2) is 0 Å². The molecule has 402 valence electrons. The molecule has 0 bridgehead atoms. The van der Waals surface area contributed by atoms with Crippen LogP contribution in [0.25, 0.3) is 33.4 Å². The number of rotatable bonds is 6. The molecular formula is C77H76BN3. The first-order chi connectivity index (χ1) is 38.6. The zero-order chi connectivity index (χ0) is 56.5. The van der Waals surface area contributed by atoms with Crippen molar-refractivity contribution in [1.82, 2.24) is 0 Å². The maximum Gasteiger partial charge on any atom is 0.252 e. The van der Waals surface area contributed by atoms with Gasteiger partial charge in [0.05, 0.1) is 17.4 Å². The van der Waals surface area contributed by atoms with Crippen LogP contribution in [-0.4, -0.2) is 12.8 Å². The lowest BCUT2D eigenvalue weighted by molar-refractivity contribution is 0.478. The predicted molar refractivity (Wildman–Crippen MR) is 349 cm³/mol. The molecule has 0 N–H and O–H groups in total. The Morgan fingerprint density at radius 2 is 0.840 bits per heavy atom. The van der Waals surface area contributed by atoms with Crippen molar-refractivity contribution in [1.29, 1.82) is 0 Å². The van der Waals surface area contributed by atoms with E-state index in [0.717, 1.165) is 11.4 Å². The van der Waals surface area contributed by atoms with E-state index in [-0.39, 0.29) is 39.8 Å². The lowest BCUT2D eigenvalue weighted by Crippen LogP contribution is -2.61. The van der Waals surface area contributed by atoms with Crippen molar-refractivity contribution in [3.63, 3.8) is 0 Å². The van der Waals surface area contributed by atoms with Crippen LogP contribution in [0.5, 0.6) is 0 Å². The Morgan fingerprint density at radius 3 is 1.36 bits per heavy atom. The van der Waals surface area contributed by atoms with E-state index in [2.05, 4.69) is 323 Å². The molecular weight excluding hydrogens is 978 g/mol. The molecule has 4 aliphatic rings. The molecule has 81 heavy (non-hydrogen) atoms. The molecule has 2 atom stereocenters. The third kappa shape index (κ3) is 8.63. The summed E-state index contributed by atoms with van der Waals surface area (Å²) in [6.07, 6.45) is 7.57. The van der Waals surface area contributed by atoms with E-state index >= 15 is 0 Å². The van der Waals surface area contributed by atoms with Crippen molar-refractivity contribution in [2.45, 2.75) is 118 Å². The largest absolute Gasteiger partial charge is 0.333 e. The Hall–Kier alpha value is -8.08. The SMILES string of the molecule is CC(C)(C)C1=CC2(C)c3cc(C(C)(C)C)ccc3N(c3cc4c5c(c3)N(c3c(-c6ccccc6)cc(C(C)(C)C)cc3-c3ccccc3)c3ccccc3B5c3ccccc3N4c3ccc(C(C)(C)C)cc3-c3ccccc3)C2C=C1. The zero-order valence-electron chi connectivity index (χ0n) is 49.8. The summed E-state index contributed by atoms with van der Waals surface area (Å²) in [7, 11) is 0. The van der Waals surface area contributed by atoms with Gasteiger partial charge in [-0.1, -0.05) is 247 Å². The minimum Gasteiger partial charge on any atom is -0.333 e. The molecule has 3 aliphatic heterocycles. The smallest absolute Gasteiger partial charge is 0.252 e. The summed E-state index contributed by atoms with van der Waals surface area (Å²) in [4.78, 5) is 8.03. The van der Waals surface area contributed by atoms with Crippen molar-refractivity contribution in [2.24, 2.45) is 5.41 Å². The van der Waals surface area contributed by atoms with E-state index in [9.17, 15) is 0 Å². The Kier molecular flexibility index (Phi) is 12.1. The number of nitrogens with zero attached hydrogens (tertiary/aromatic N) is 3. The van der Waals surface area contributed by atoms with Gasteiger partial charge in [-0.2, -0.15) is 0 Å². The van der Waals surface area contributed by atoms with E-state index in [1.807, 2.05) is 0 Å². The Bertz CT molecular complexity index is 3950. The first kappa shape index (κ1) is 52.3. The van der Waals surface area contributed by atoms with Gasteiger partial charge in [-0.05, 0) is 144 Å². The summed E-state index contributed by atoms with van der Waals surface area (Å²) in [6.45, 7) is 30.6. The first-order valence-corrected chi connectivity index (χ1v) is 29.4. The minimum atomic E-state index is -0.324. The molecule has 9 aromatic carbocycles. The molecule has 4 heteroatoms. The monoisotopic (exact) mass is 1050 g/mol. The van der Waals surface area contributed by atoms with Gasteiger partial charge in [0.1, 0.15) is 0 Å². The molecule has 0 aromatic heterocycles. The van der Waals surface area contributed by atoms with Crippen LogP contribution in [0.1, 0.15) is 112 Å². The predicted octanol–water partition coefficient (Wildman–Crippen LogP) is 19.0. The highest BCUT2D eigenvalue weighted by Gasteiger charge is 2.51. The molecule has 0 saturated carbocycles. The lowest BCUT2D eigenvalue weighted by Gasteiger charge is -2.46. The second-order valence-corrected chi connectivity index (χ2v) is 27.7. The second-order valence-electron chi connectivity index (χ2n) is 27.7. The van der Waals surface area contributed by atoms with Gasteiger partial charge in [0.2, 0.25) is 0 Å². The summed E-state index contributed by atoms with van der Waals surface area (Å²) in [5, 5.41) is 0. The highest BCUT2D eigenvalue weighted by molar-refractivity contribution is 7.00. The molecule has 0 saturated heterocycles. The van der Waals surface area contributed by atoms with Crippen LogP contribution in [0.15, 0.2) is 224 Å². The third-order valence-corrected chi connectivity index (χ3v) is 18.1. The normalized spacial score (nSPS) is 17.3. The Balaban J connectivity index is 1.19. The average Bonchev–Trinajstić information content (AvgIpc) is 3.01. The van der Waals surface area contributed by atoms with Crippen LogP contribution in [0.4, 0.5) is 45.5 Å². The Morgan fingerprint density at radius 1 is 0.395 bits per heavy atom. The van der Waals surface area contributed by atoms with Crippen LogP contribution >= 0.6 is 0 Å².